The van der Waals surface area contributed by atoms with E-state index in [4.69, 9.17) is 4.74 Å². The van der Waals surface area contributed by atoms with Gasteiger partial charge < -0.3 is 10.1 Å². The fourth-order valence-corrected chi connectivity index (χ4v) is 4.37. The minimum Gasteiger partial charge on any atom is -0.495 e. The maximum absolute atomic E-state index is 13.2. The number of ether oxygens (including phenoxy) is 1. The number of carbonyl (C=O) groups is 1. The van der Waals surface area contributed by atoms with Crippen LogP contribution in [0.15, 0.2) is 89.1 Å². The zero-order chi connectivity index (χ0) is 26.2. The van der Waals surface area contributed by atoms with E-state index in [1.165, 1.54) is 23.9 Å². The van der Waals surface area contributed by atoms with Crippen molar-refractivity contribution in [2.45, 2.75) is 30.8 Å². The lowest BCUT2D eigenvalue weighted by atomic mass is 10.1. The Morgan fingerprint density at radius 3 is 2.49 bits per heavy atom. The number of thioether (sulfide) groups is 1. The van der Waals surface area contributed by atoms with Crippen molar-refractivity contribution < 1.29 is 13.9 Å². The van der Waals surface area contributed by atoms with Gasteiger partial charge in [-0.2, -0.15) is 5.10 Å². The Hall–Kier alpha value is -4.18. The van der Waals surface area contributed by atoms with E-state index < -0.39 is 5.25 Å². The van der Waals surface area contributed by atoms with E-state index in [-0.39, 0.29) is 11.7 Å². The second-order valence-electron chi connectivity index (χ2n) is 8.06. The quantitative estimate of drug-likeness (QED) is 0.173. The summed E-state index contributed by atoms with van der Waals surface area (Å²) in [6.45, 7) is 3.92. The minimum absolute atomic E-state index is 0.289. The van der Waals surface area contributed by atoms with Gasteiger partial charge in [-0.1, -0.05) is 54.2 Å². The fourth-order valence-electron chi connectivity index (χ4n) is 3.49. The van der Waals surface area contributed by atoms with Crippen LogP contribution >= 0.6 is 11.8 Å². The number of para-hydroxylation sites is 3. The van der Waals surface area contributed by atoms with Gasteiger partial charge in [0.1, 0.15) is 11.6 Å². The summed E-state index contributed by atoms with van der Waals surface area (Å²) in [7, 11) is 1.62. The van der Waals surface area contributed by atoms with E-state index in [0.717, 1.165) is 22.7 Å². The van der Waals surface area contributed by atoms with Gasteiger partial charge in [-0.15, -0.1) is 10.2 Å². The molecule has 0 fully saturated rings. The molecule has 1 amide bonds. The molecule has 1 aromatic heterocycles. The topological polar surface area (TPSA) is 93.4 Å². The largest absolute Gasteiger partial charge is 0.495 e. The van der Waals surface area contributed by atoms with Crippen LogP contribution in [0.1, 0.15) is 25.2 Å². The summed E-state index contributed by atoms with van der Waals surface area (Å²) in [6, 6.07) is 23.3. The molecule has 2 N–H and O–H groups in total. The summed E-state index contributed by atoms with van der Waals surface area (Å²) < 4.78 is 20.5. The zero-order valence-corrected chi connectivity index (χ0v) is 21.5. The molecule has 8 nitrogen and oxygen atoms in total. The molecular weight excluding hydrogens is 491 g/mol. The van der Waals surface area contributed by atoms with E-state index in [9.17, 15) is 9.18 Å². The molecule has 4 rings (SSSR count). The molecule has 0 aliphatic rings. The molecule has 0 radical (unpaired) electrons. The van der Waals surface area contributed by atoms with Gasteiger partial charge in [-0.25, -0.2) is 9.82 Å². The molecule has 0 aliphatic carbocycles. The molecule has 0 bridgehead atoms. The molecule has 4 aromatic rings. The van der Waals surface area contributed by atoms with Crippen molar-refractivity contribution in [3.8, 4) is 11.4 Å². The first kappa shape index (κ1) is 25.9. The van der Waals surface area contributed by atoms with Gasteiger partial charge in [-0.05, 0) is 55.8 Å². The molecule has 190 valence electrons. The molecule has 0 saturated heterocycles. The van der Waals surface area contributed by atoms with Crippen molar-refractivity contribution in [1.82, 2.24) is 20.2 Å². The molecule has 0 saturated carbocycles. The standard InChI is InChI=1S/C27H27FN6O2S/c1-18(20-13-15-21(28)16-14-20)30-32-26(35)19(2)37-27-33-31-25(34(27)22-9-5-4-6-10-22)17-29-23-11-7-8-12-24(23)36-3/h4-16,19,29H,17H2,1-3H3,(H,32,35)/b30-18+/t19-/m0/s1. The Morgan fingerprint density at radius 2 is 1.76 bits per heavy atom. The number of aromatic nitrogens is 3. The van der Waals surface area contributed by atoms with E-state index >= 15 is 0 Å². The zero-order valence-electron chi connectivity index (χ0n) is 20.7. The van der Waals surface area contributed by atoms with Crippen LogP contribution in [0.5, 0.6) is 5.75 Å². The number of hydrogen-bond donors (Lipinski definition) is 2. The number of benzene rings is 3. The number of anilines is 1. The predicted octanol–water partition coefficient (Wildman–Crippen LogP) is 5.05. The summed E-state index contributed by atoms with van der Waals surface area (Å²) in [5.74, 6) is 0.787. The third-order valence-corrected chi connectivity index (χ3v) is 6.55. The Balaban J connectivity index is 1.50. The smallest absolute Gasteiger partial charge is 0.253 e. The average Bonchev–Trinajstić information content (AvgIpc) is 3.33. The average molecular weight is 519 g/mol. The third kappa shape index (κ3) is 6.53. The maximum Gasteiger partial charge on any atom is 0.253 e. The van der Waals surface area contributed by atoms with Crippen LogP contribution in [0.2, 0.25) is 0 Å². The molecule has 10 heteroatoms. The summed E-state index contributed by atoms with van der Waals surface area (Å²) in [4.78, 5) is 12.8. The minimum atomic E-state index is -0.508. The summed E-state index contributed by atoms with van der Waals surface area (Å²) in [5, 5.41) is 16.4. The molecule has 0 unspecified atom stereocenters. The summed E-state index contributed by atoms with van der Waals surface area (Å²) in [5.41, 5.74) is 5.60. The molecular formula is C27H27FN6O2S. The van der Waals surface area contributed by atoms with Crippen molar-refractivity contribution in [3.05, 3.63) is 96.1 Å². The van der Waals surface area contributed by atoms with Crippen LogP contribution in [0.25, 0.3) is 5.69 Å². The molecule has 0 aliphatic heterocycles. The Kier molecular flexibility index (Phi) is 8.52. The predicted molar refractivity (Wildman–Crippen MR) is 144 cm³/mol. The van der Waals surface area contributed by atoms with Crippen LogP contribution in [0, 0.1) is 5.82 Å². The monoisotopic (exact) mass is 518 g/mol. The molecule has 37 heavy (non-hydrogen) atoms. The van der Waals surface area contributed by atoms with Crippen LogP contribution < -0.4 is 15.5 Å². The summed E-state index contributed by atoms with van der Waals surface area (Å²) >= 11 is 1.28. The highest BCUT2D eigenvalue weighted by molar-refractivity contribution is 8.00. The number of halogens is 1. The van der Waals surface area contributed by atoms with Crippen molar-refractivity contribution in [3.63, 3.8) is 0 Å². The van der Waals surface area contributed by atoms with Crippen molar-refractivity contribution >= 4 is 29.1 Å². The SMILES string of the molecule is COc1ccccc1NCc1nnc(S[C@@H](C)C(=O)N/N=C(\C)c2ccc(F)cc2)n1-c1ccccc1. The number of carbonyl (C=O) groups excluding carboxylic acids is 1. The summed E-state index contributed by atoms with van der Waals surface area (Å²) in [6.07, 6.45) is 0. The van der Waals surface area contributed by atoms with Gasteiger partial charge >= 0.3 is 0 Å². The number of amides is 1. The first-order valence-electron chi connectivity index (χ1n) is 11.6. The van der Waals surface area contributed by atoms with Crippen LogP contribution in [-0.2, 0) is 11.3 Å². The Labute approximate surface area is 219 Å². The van der Waals surface area contributed by atoms with Crippen LogP contribution in [0.4, 0.5) is 10.1 Å². The van der Waals surface area contributed by atoms with E-state index in [2.05, 4.69) is 26.0 Å². The highest BCUT2D eigenvalue weighted by atomic mass is 32.2. The van der Waals surface area contributed by atoms with Crippen molar-refractivity contribution in [1.29, 1.82) is 0 Å². The molecule has 0 spiro atoms. The molecule has 1 atom stereocenters. The highest BCUT2D eigenvalue weighted by Crippen LogP contribution is 2.28. The van der Waals surface area contributed by atoms with E-state index in [1.54, 1.807) is 33.1 Å². The molecule has 3 aromatic carbocycles. The second-order valence-corrected chi connectivity index (χ2v) is 9.37. The van der Waals surface area contributed by atoms with E-state index in [1.807, 2.05) is 59.2 Å². The van der Waals surface area contributed by atoms with Crippen molar-refractivity contribution in [2.24, 2.45) is 5.10 Å². The van der Waals surface area contributed by atoms with Gasteiger partial charge in [0.25, 0.3) is 5.91 Å². The maximum atomic E-state index is 13.2. The highest BCUT2D eigenvalue weighted by Gasteiger charge is 2.21. The number of nitrogens with zero attached hydrogens (tertiary/aromatic N) is 4. The van der Waals surface area contributed by atoms with Crippen LogP contribution in [-0.4, -0.2) is 38.7 Å². The molecule has 1 heterocycles. The van der Waals surface area contributed by atoms with Crippen LogP contribution in [0.3, 0.4) is 0 Å². The van der Waals surface area contributed by atoms with Gasteiger partial charge in [-0.3, -0.25) is 9.36 Å². The van der Waals surface area contributed by atoms with Crippen molar-refractivity contribution in [2.75, 3.05) is 12.4 Å². The third-order valence-electron chi connectivity index (χ3n) is 5.51. The Bertz CT molecular complexity index is 1380. The number of methoxy groups -OCH3 is 1. The first-order valence-corrected chi connectivity index (χ1v) is 12.5. The second kappa shape index (κ2) is 12.2. The van der Waals surface area contributed by atoms with E-state index in [0.29, 0.717) is 23.2 Å². The fraction of sp³-hybridized carbons (Fsp3) is 0.185. The number of hydrazone groups is 1. The normalized spacial score (nSPS) is 12.2. The van der Waals surface area contributed by atoms with Gasteiger partial charge in [0, 0.05) is 5.69 Å². The van der Waals surface area contributed by atoms with Gasteiger partial charge in [0.15, 0.2) is 11.0 Å². The Morgan fingerprint density at radius 1 is 1.05 bits per heavy atom. The van der Waals surface area contributed by atoms with Gasteiger partial charge in [0.05, 0.1) is 30.3 Å². The lowest BCUT2D eigenvalue weighted by molar-refractivity contribution is -0.120. The lowest BCUT2D eigenvalue weighted by Gasteiger charge is -2.14. The number of hydrogen-bond acceptors (Lipinski definition) is 7. The lowest BCUT2D eigenvalue weighted by Crippen LogP contribution is -2.28. The number of nitrogens with one attached hydrogen (secondary N) is 2. The number of rotatable bonds is 10. The first-order chi connectivity index (χ1) is 18.0. The van der Waals surface area contributed by atoms with Gasteiger partial charge in [0.2, 0.25) is 0 Å².